The van der Waals surface area contributed by atoms with Crippen molar-refractivity contribution in [1.29, 1.82) is 5.41 Å². The fraction of sp³-hybridized carbons (Fsp3) is 0.500. The smallest absolute Gasteiger partial charge is 0.425 e. The molecule has 5 atom stereocenters. The van der Waals surface area contributed by atoms with E-state index in [0.717, 1.165) is 0 Å². The van der Waals surface area contributed by atoms with E-state index in [1.54, 1.807) is 36.7 Å². The van der Waals surface area contributed by atoms with E-state index in [4.69, 9.17) is 10.1 Å². The number of para-hydroxylation sites is 1. The minimum absolute atomic E-state index is 0.0571. The number of hydrogen-bond acceptors (Lipinski definition) is 5. The van der Waals surface area contributed by atoms with Crippen molar-refractivity contribution in [3.05, 3.63) is 59.9 Å². The van der Waals surface area contributed by atoms with Crippen LogP contribution < -0.4 is 15.4 Å². The van der Waals surface area contributed by atoms with E-state index in [0.29, 0.717) is 11.1 Å². The normalized spacial score (nSPS) is 28.0. The van der Waals surface area contributed by atoms with Crippen molar-refractivity contribution in [2.24, 2.45) is 17.3 Å². The average Bonchev–Trinajstić information content (AvgIpc) is 3.41. The molecular formula is C28H32F3N5O3. The van der Waals surface area contributed by atoms with Crippen molar-refractivity contribution in [2.45, 2.75) is 70.4 Å². The number of guanidine groups is 1. The Hall–Kier alpha value is -3.63. The van der Waals surface area contributed by atoms with E-state index in [2.05, 4.69) is 15.6 Å². The summed E-state index contributed by atoms with van der Waals surface area (Å²) in [5.41, 5.74) is -0.0267. The monoisotopic (exact) mass is 543 g/mol. The molecule has 1 saturated carbocycles. The van der Waals surface area contributed by atoms with Crippen LogP contribution in [0.3, 0.4) is 0 Å². The fourth-order valence-electron chi connectivity index (χ4n) is 6.16. The van der Waals surface area contributed by atoms with Crippen LogP contribution in [0.15, 0.2) is 48.8 Å². The van der Waals surface area contributed by atoms with Gasteiger partial charge in [0.15, 0.2) is 12.1 Å². The van der Waals surface area contributed by atoms with Gasteiger partial charge in [-0.2, -0.15) is 13.2 Å². The number of hydrogen-bond donors (Lipinski definition) is 3. The number of alkyl halides is 3. The second-order valence-electron chi connectivity index (χ2n) is 11.8. The van der Waals surface area contributed by atoms with Crippen molar-refractivity contribution < 1.29 is 27.5 Å². The number of halogens is 3. The van der Waals surface area contributed by atoms with Gasteiger partial charge in [-0.1, -0.05) is 38.1 Å². The lowest BCUT2D eigenvalue weighted by Gasteiger charge is -2.42. The van der Waals surface area contributed by atoms with Crippen molar-refractivity contribution in [2.75, 3.05) is 0 Å². The van der Waals surface area contributed by atoms with Gasteiger partial charge in [0.1, 0.15) is 5.75 Å². The summed E-state index contributed by atoms with van der Waals surface area (Å²) in [5, 5.41) is 14.6. The van der Waals surface area contributed by atoms with Gasteiger partial charge in [0.2, 0.25) is 11.8 Å². The van der Waals surface area contributed by atoms with E-state index >= 15 is 0 Å². The van der Waals surface area contributed by atoms with Crippen molar-refractivity contribution in [3.8, 4) is 5.75 Å². The Morgan fingerprint density at radius 3 is 2.56 bits per heavy atom. The van der Waals surface area contributed by atoms with Gasteiger partial charge in [0, 0.05) is 48.2 Å². The summed E-state index contributed by atoms with van der Waals surface area (Å²) in [6.45, 7) is 7.48. The molecule has 2 amide bonds. The number of ether oxygens (including phenoxy) is 1. The van der Waals surface area contributed by atoms with Crippen LogP contribution in [0.25, 0.3) is 0 Å². The van der Waals surface area contributed by atoms with E-state index in [1.165, 1.54) is 11.0 Å². The molecule has 5 rings (SSSR count). The number of fused-ring (bicyclic) bond motifs is 1. The molecular weight excluding hydrogens is 511 g/mol. The third-order valence-corrected chi connectivity index (χ3v) is 8.09. The first-order valence-electron chi connectivity index (χ1n) is 12.9. The van der Waals surface area contributed by atoms with Crippen LogP contribution in [0.1, 0.15) is 63.7 Å². The summed E-state index contributed by atoms with van der Waals surface area (Å²) in [4.78, 5) is 32.7. The van der Waals surface area contributed by atoms with E-state index < -0.39 is 59.5 Å². The molecule has 0 radical (unpaired) electrons. The maximum Gasteiger partial charge on any atom is 0.425 e. The van der Waals surface area contributed by atoms with Gasteiger partial charge in [-0.15, -0.1) is 0 Å². The van der Waals surface area contributed by atoms with Crippen LogP contribution in [0.4, 0.5) is 13.2 Å². The summed E-state index contributed by atoms with van der Waals surface area (Å²) >= 11 is 0. The molecule has 2 aromatic rings. The van der Waals surface area contributed by atoms with Crippen molar-refractivity contribution in [3.63, 3.8) is 0 Å². The zero-order valence-electron chi connectivity index (χ0n) is 22.2. The summed E-state index contributed by atoms with van der Waals surface area (Å²) in [7, 11) is 0. The lowest BCUT2D eigenvalue weighted by Crippen LogP contribution is -2.61. The largest absolute Gasteiger partial charge is 0.480 e. The lowest BCUT2D eigenvalue weighted by atomic mass is 9.92. The molecule has 2 aliphatic heterocycles. The molecule has 1 aliphatic carbocycles. The highest BCUT2D eigenvalue weighted by atomic mass is 19.4. The Morgan fingerprint density at radius 2 is 1.92 bits per heavy atom. The standard InChI is InChI=1S/C28H32F3N5O3/c1-26(2)13-20(37)36(25(32)35-26)23(15-8-7-11-33-14-15)21-22(27(21,3)4)24(38)34-17-12-19(28(29,30)31)39-18-10-6-5-9-16(17)18/h5-11,14,17,19,21-23H,12-13H2,1-4H3,(H2,32,35)(H,34,38)/t17-,19+,21?,22?,23?/m0/s1. The number of aromatic nitrogens is 1. The second-order valence-corrected chi connectivity index (χ2v) is 11.8. The van der Waals surface area contributed by atoms with Crippen LogP contribution in [-0.4, -0.2) is 45.5 Å². The molecule has 0 bridgehead atoms. The molecule has 8 nitrogen and oxygen atoms in total. The first-order chi connectivity index (χ1) is 18.2. The number of nitrogens with zero attached hydrogens (tertiary/aromatic N) is 2. The van der Waals surface area contributed by atoms with E-state index in [1.807, 2.05) is 33.8 Å². The summed E-state index contributed by atoms with van der Waals surface area (Å²) in [6.07, 6.45) is -3.67. The Labute approximate surface area is 224 Å². The second kappa shape index (κ2) is 9.24. The maximum absolute atomic E-state index is 13.7. The zero-order chi connectivity index (χ0) is 28.3. The Kier molecular flexibility index (Phi) is 6.38. The summed E-state index contributed by atoms with van der Waals surface area (Å²) in [5.74, 6) is -1.62. The Morgan fingerprint density at radius 1 is 1.21 bits per heavy atom. The number of benzene rings is 1. The molecule has 1 aromatic heterocycles. The number of pyridine rings is 1. The number of rotatable bonds is 5. The highest BCUT2D eigenvalue weighted by Crippen LogP contribution is 2.65. The van der Waals surface area contributed by atoms with Gasteiger partial charge in [-0.25, -0.2) is 0 Å². The van der Waals surface area contributed by atoms with Gasteiger partial charge >= 0.3 is 6.18 Å². The maximum atomic E-state index is 13.7. The molecule has 11 heteroatoms. The molecule has 3 aliphatic rings. The molecule has 1 saturated heterocycles. The van der Waals surface area contributed by atoms with Gasteiger partial charge < -0.3 is 15.4 Å². The van der Waals surface area contributed by atoms with Gasteiger partial charge in [-0.05, 0) is 37.0 Å². The van der Waals surface area contributed by atoms with E-state index in [9.17, 15) is 22.8 Å². The topological polar surface area (TPSA) is 107 Å². The molecule has 1 aromatic carbocycles. The van der Waals surface area contributed by atoms with Gasteiger partial charge in [0.05, 0.1) is 12.1 Å². The minimum Gasteiger partial charge on any atom is -0.480 e. The van der Waals surface area contributed by atoms with Crippen LogP contribution in [0, 0.1) is 22.7 Å². The Balaban J connectivity index is 1.44. The van der Waals surface area contributed by atoms with Crippen molar-refractivity contribution in [1.82, 2.24) is 20.5 Å². The Bertz CT molecular complexity index is 1280. The third kappa shape index (κ3) is 4.94. The first kappa shape index (κ1) is 27.0. The highest BCUT2D eigenvalue weighted by molar-refractivity contribution is 6.00. The van der Waals surface area contributed by atoms with Crippen LogP contribution in [0.5, 0.6) is 5.75 Å². The number of carbonyl (C=O) groups excluding carboxylic acids is 2. The lowest BCUT2D eigenvalue weighted by molar-refractivity contribution is -0.201. The molecule has 2 fully saturated rings. The molecule has 208 valence electrons. The quantitative estimate of drug-likeness (QED) is 0.515. The minimum atomic E-state index is -4.58. The van der Waals surface area contributed by atoms with Gasteiger partial charge in [0.25, 0.3) is 0 Å². The zero-order valence-corrected chi connectivity index (χ0v) is 22.2. The molecule has 3 N–H and O–H groups in total. The first-order valence-corrected chi connectivity index (χ1v) is 12.9. The molecule has 0 spiro atoms. The SMILES string of the molecule is CC1(C)CC(=O)N(C(c2cccnc2)C2C(C(=O)N[C@H]3C[C@H](C(F)(F)F)Oc4ccccc43)C2(C)C)C(=N)N1. The molecule has 3 unspecified atom stereocenters. The van der Waals surface area contributed by atoms with Gasteiger partial charge in [-0.3, -0.25) is 24.9 Å². The predicted molar refractivity (Wildman–Crippen MR) is 137 cm³/mol. The molecule has 3 heterocycles. The van der Waals surface area contributed by atoms with Crippen LogP contribution >= 0.6 is 0 Å². The van der Waals surface area contributed by atoms with Crippen LogP contribution in [-0.2, 0) is 9.59 Å². The number of amides is 2. The fourth-order valence-corrected chi connectivity index (χ4v) is 6.16. The third-order valence-electron chi connectivity index (χ3n) is 8.09. The summed E-state index contributed by atoms with van der Waals surface area (Å²) < 4.78 is 46.1. The van der Waals surface area contributed by atoms with Crippen LogP contribution in [0.2, 0.25) is 0 Å². The number of nitrogens with one attached hydrogen (secondary N) is 3. The highest BCUT2D eigenvalue weighted by Gasteiger charge is 2.67. The molecule has 39 heavy (non-hydrogen) atoms. The van der Waals surface area contributed by atoms with Crippen molar-refractivity contribution >= 4 is 17.8 Å². The predicted octanol–water partition coefficient (Wildman–Crippen LogP) is 4.50. The average molecular weight is 544 g/mol. The number of carbonyl (C=O) groups is 2. The summed E-state index contributed by atoms with van der Waals surface area (Å²) in [6, 6.07) is 8.41. The van der Waals surface area contributed by atoms with E-state index in [-0.39, 0.29) is 24.0 Å².